The highest BCUT2D eigenvalue weighted by molar-refractivity contribution is 7.11. The molecule has 2 aliphatic heterocycles. The summed E-state index contributed by atoms with van der Waals surface area (Å²) in [6, 6.07) is 12.1. The van der Waals surface area contributed by atoms with Gasteiger partial charge < -0.3 is 14.8 Å². The highest BCUT2D eigenvalue weighted by Crippen LogP contribution is 2.47. The minimum Gasteiger partial charge on any atom is -0.454 e. The highest BCUT2D eigenvalue weighted by atomic mass is 32.1. The molecule has 1 atom stereocenters. The number of nitrogens with one attached hydrogen (secondary N) is 1. The van der Waals surface area contributed by atoms with Crippen molar-refractivity contribution in [2.24, 2.45) is 0 Å². The van der Waals surface area contributed by atoms with Gasteiger partial charge in [-0.3, -0.25) is 4.79 Å². The van der Waals surface area contributed by atoms with Crippen LogP contribution in [0.2, 0.25) is 0 Å². The number of fused-ring (bicyclic) bond motifs is 2. The Bertz CT molecular complexity index is 1010. The average Bonchev–Trinajstić information content (AvgIpc) is 3.27. The predicted molar refractivity (Wildman–Crippen MR) is 97.4 cm³/mol. The molecule has 0 spiro atoms. The molecule has 2 aliphatic rings. The van der Waals surface area contributed by atoms with E-state index in [1.807, 2.05) is 23.6 Å². The number of benzene rings is 2. The Kier molecular flexibility index (Phi) is 3.46. The molecule has 6 heteroatoms. The van der Waals surface area contributed by atoms with Gasteiger partial charge in [0.15, 0.2) is 11.5 Å². The molecule has 1 N–H and O–H groups in total. The lowest BCUT2D eigenvalue weighted by molar-refractivity contribution is -0.116. The second kappa shape index (κ2) is 5.85. The van der Waals surface area contributed by atoms with E-state index in [4.69, 9.17) is 9.47 Å². The van der Waals surface area contributed by atoms with Crippen molar-refractivity contribution < 1.29 is 18.7 Å². The van der Waals surface area contributed by atoms with Gasteiger partial charge in [-0.1, -0.05) is 18.2 Å². The number of amides is 1. The molecule has 1 aromatic heterocycles. The largest absolute Gasteiger partial charge is 0.454 e. The van der Waals surface area contributed by atoms with Gasteiger partial charge in [-0.05, 0) is 35.4 Å². The molecule has 0 saturated heterocycles. The predicted octanol–water partition coefficient (Wildman–Crippen LogP) is 4.76. The van der Waals surface area contributed by atoms with Crippen LogP contribution in [0, 0.1) is 5.82 Å². The van der Waals surface area contributed by atoms with E-state index < -0.39 is 0 Å². The maximum Gasteiger partial charge on any atom is 0.231 e. The van der Waals surface area contributed by atoms with Crippen LogP contribution in [-0.4, -0.2) is 12.7 Å². The number of thiophene rings is 1. The van der Waals surface area contributed by atoms with E-state index in [0.717, 1.165) is 33.0 Å². The van der Waals surface area contributed by atoms with Crippen molar-refractivity contribution >= 4 is 22.9 Å². The third kappa shape index (κ3) is 2.45. The van der Waals surface area contributed by atoms with Crippen LogP contribution in [0.25, 0.3) is 11.1 Å². The summed E-state index contributed by atoms with van der Waals surface area (Å²) in [6.07, 6.45) is 0.385. The van der Waals surface area contributed by atoms with Crippen molar-refractivity contribution in [2.75, 3.05) is 12.1 Å². The van der Waals surface area contributed by atoms with Gasteiger partial charge in [-0.25, -0.2) is 4.39 Å². The molecule has 0 saturated carbocycles. The number of halogens is 1. The zero-order valence-corrected chi connectivity index (χ0v) is 14.4. The van der Waals surface area contributed by atoms with E-state index in [1.165, 1.54) is 12.1 Å². The first-order valence-corrected chi connectivity index (χ1v) is 9.14. The minimum atomic E-state index is -0.278. The molecule has 1 amide bonds. The average molecular weight is 367 g/mol. The van der Waals surface area contributed by atoms with Crippen LogP contribution in [0.4, 0.5) is 10.1 Å². The molecule has 26 heavy (non-hydrogen) atoms. The Labute approximate surface area is 153 Å². The molecular formula is C20H14FNO3S. The molecule has 3 heterocycles. The van der Waals surface area contributed by atoms with E-state index in [2.05, 4.69) is 5.32 Å². The summed E-state index contributed by atoms with van der Waals surface area (Å²) in [6.45, 7) is 0.225. The zero-order valence-electron chi connectivity index (χ0n) is 13.6. The first-order valence-electron chi connectivity index (χ1n) is 8.26. The Morgan fingerprint density at radius 3 is 2.73 bits per heavy atom. The van der Waals surface area contributed by atoms with E-state index in [0.29, 0.717) is 12.2 Å². The van der Waals surface area contributed by atoms with E-state index in [9.17, 15) is 9.18 Å². The summed E-state index contributed by atoms with van der Waals surface area (Å²) >= 11 is 1.61. The molecule has 3 aromatic rings. The summed E-state index contributed by atoms with van der Waals surface area (Å²) in [7, 11) is 0. The van der Waals surface area contributed by atoms with Gasteiger partial charge >= 0.3 is 0 Å². The Morgan fingerprint density at radius 2 is 1.88 bits per heavy atom. The van der Waals surface area contributed by atoms with Crippen molar-refractivity contribution in [3.05, 3.63) is 64.1 Å². The number of rotatable bonds is 2. The summed E-state index contributed by atoms with van der Waals surface area (Å²) in [4.78, 5) is 13.5. The maximum atomic E-state index is 13.2. The van der Waals surface area contributed by atoms with Crippen LogP contribution in [0.15, 0.2) is 47.8 Å². The topological polar surface area (TPSA) is 47.6 Å². The van der Waals surface area contributed by atoms with Crippen LogP contribution in [0.1, 0.15) is 22.8 Å². The van der Waals surface area contributed by atoms with Gasteiger partial charge in [0.05, 0.1) is 5.69 Å². The van der Waals surface area contributed by atoms with Crippen LogP contribution in [0.5, 0.6) is 11.5 Å². The third-order valence-electron chi connectivity index (χ3n) is 4.74. The number of hydrogen-bond acceptors (Lipinski definition) is 4. The van der Waals surface area contributed by atoms with E-state index >= 15 is 0 Å². The molecule has 0 radical (unpaired) electrons. The molecule has 130 valence electrons. The van der Waals surface area contributed by atoms with Crippen molar-refractivity contribution in [3.8, 4) is 22.6 Å². The maximum absolute atomic E-state index is 13.2. The van der Waals surface area contributed by atoms with E-state index in [1.54, 1.807) is 23.5 Å². The van der Waals surface area contributed by atoms with Gasteiger partial charge in [0.1, 0.15) is 5.82 Å². The Morgan fingerprint density at radius 1 is 1.08 bits per heavy atom. The summed E-state index contributed by atoms with van der Waals surface area (Å²) < 4.78 is 24.1. The summed E-state index contributed by atoms with van der Waals surface area (Å²) in [5.74, 6) is 1.10. The lowest BCUT2D eigenvalue weighted by Gasteiger charge is -2.24. The van der Waals surface area contributed by atoms with Crippen LogP contribution >= 0.6 is 11.3 Å². The van der Waals surface area contributed by atoms with Gasteiger partial charge in [-0.2, -0.15) is 0 Å². The molecule has 0 bridgehead atoms. The molecule has 4 nitrogen and oxygen atoms in total. The molecule has 0 fully saturated rings. The SMILES string of the molecule is O=C1C[C@H](c2ccc3c(c2)OCO3)c2scc(-c3ccc(F)cc3)c2N1. The van der Waals surface area contributed by atoms with Crippen molar-refractivity contribution in [1.29, 1.82) is 0 Å². The minimum absolute atomic E-state index is 0.0260. The normalized spacial score (nSPS) is 17.7. The van der Waals surface area contributed by atoms with Crippen LogP contribution in [0.3, 0.4) is 0 Å². The van der Waals surface area contributed by atoms with Crippen molar-refractivity contribution in [1.82, 2.24) is 0 Å². The first kappa shape index (κ1) is 15.4. The highest BCUT2D eigenvalue weighted by Gasteiger charge is 2.31. The summed E-state index contributed by atoms with van der Waals surface area (Å²) in [5, 5.41) is 5.01. The second-order valence-corrected chi connectivity index (χ2v) is 7.22. The van der Waals surface area contributed by atoms with Crippen molar-refractivity contribution in [3.63, 3.8) is 0 Å². The first-order chi connectivity index (χ1) is 12.7. The van der Waals surface area contributed by atoms with E-state index in [-0.39, 0.29) is 24.4 Å². The quantitative estimate of drug-likeness (QED) is 0.711. The number of hydrogen-bond donors (Lipinski definition) is 1. The number of carbonyl (C=O) groups is 1. The molecule has 5 rings (SSSR count). The molecule has 0 unspecified atom stereocenters. The zero-order chi connectivity index (χ0) is 17.7. The monoisotopic (exact) mass is 367 g/mol. The smallest absolute Gasteiger partial charge is 0.231 e. The van der Waals surface area contributed by atoms with Gasteiger partial charge in [0.2, 0.25) is 12.7 Å². The van der Waals surface area contributed by atoms with Crippen LogP contribution < -0.4 is 14.8 Å². The van der Waals surface area contributed by atoms with Crippen LogP contribution in [-0.2, 0) is 4.79 Å². The standard InChI is InChI=1S/C20H14FNO3S/c21-13-4-1-11(2-5-13)15-9-26-20-14(8-18(23)22-19(15)20)12-3-6-16-17(7-12)25-10-24-16/h1-7,9,14H,8,10H2,(H,22,23)/t14-/m1/s1. The van der Waals surface area contributed by atoms with Gasteiger partial charge in [-0.15, -0.1) is 11.3 Å². The fraction of sp³-hybridized carbons (Fsp3) is 0.150. The lowest BCUT2D eigenvalue weighted by Crippen LogP contribution is -2.22. The third-order valence-corrected chi connectivity index (χ3v) is 5.84. The molecule has 2 aromatic carbocycles. The van der Waals surface area contributed by atoms with Crippen molar-refractivity contribution in [2.45, 2.75) is 12.3 Å². The van der Waals surface area contributed by atoms with Gasteiger partial charge in [0.25, 0.3) is 0 Å². The van der Waals surface area contributed by atoms with Gasteiger partial charge in [0, 0.05) is 28.2 Å². The fourth-order valence-electron chi connectivity index (χ4n) is 3.47. The Balaban J connectivity index is 1.59. The second-order valence-electron chi connectivity index (χ2n) is 6.31. The fourth-order valence-corrected chi connectivity index (χ4v) is 4.63. The molecule has 0 aliphatic carbocycles. The molecular weight excluding hydrogens is 353 g/mol. The summed E-state index contributed by atoms with van der Waals surface area (Å²) in [5.41, 5.74) is 3.65. The number of carbonyl (C=O) groups excluding carboxylic acids is 1. The number of ether oxygens (including phenoxy) is 2. The number of anilines is 1. The Hall–Kier alpha value is -2.86. The lowest BCUT2D eigenvalue weighted by atomic mass is 9.89.